The number of hydrogen-bond acceptors (Lipinski definition) is 2. The molecule has 1 amide bonds. The van der Waals surface area contributed by atoms with Crippen LogP contribution in [0.5, 0.6) is 0 Å². The van der Waals surface area contributed by atoms with Crippen molar-refractivity contribution in [3.05, 3.63) is 70.5 Å². The molecule has 29 heavy (non-hydrogen) atoms. The summed E-state index contributed by atoms with van der Waals surface area (Å²) in [5.74, 6) is -0.283. The van der Waals surface area contributed by atoms with E-state index in [1.54, 1.807) is 6.07 Å². The Morgan fingerprint density at radius 3 is 2.38 bits per heavy atom. The van der Waals surface area contributed by atoms with E-state index in [0.717, 1.165) is 49.7 Å². The molecule has 0 unspecified atom stereocenters. The van der Waals surface area contributed by atoms with Crippen LogP contribution in [0.2, 0.25) is 5.02 Å². The highest BCUT2D eigenvalue weighted by Crippen LogP contribution is 2.42. The lowest BCUT2D eigenvalue weighted by Gasteiger charge is -2.39. The fourth-order valence-corrected chi connectivity index (χ4v) is 5.17. The molecule has 3 nitrogen and oxygen atoms in total. The first-order valence-corrected chi connectivity index (χ1v) is 10.8. The quantitative estimate of drug-likeness (QED) is 0.732. The third kappa shape index (κ3) is 4.06. The molecule has 1 saturated carbocycles. The first-order chi connectivity index (χ1) is 14.0. The van der Waals surface area contributed by atoms with E-state index < -0.39 is 5.41 Å². The van der Waals surface area contributed by atoms with Gasteiger partial charge in [-0.15, -0.1) is 0 Å². The second-order valence-corrected chi connectivity index (χ2v) is 8.82. The van der Waals surface area contributed by atoms with E-state index in [4.69, 9.17) is 16.3 Å². The third-order valence-corrected chi connectivity index (χ3v) is 6.98. The van der Waals surface area contributed by atoms with Gasteiger partial charge in [-0.2, -0.15) is 0 Å². The lowest BCUT2D eigenvalue weighted by atomic mass is 9.73. The Balaban J connectivity index is 1.59. The molecule has 5 heteroatoms. The number of carbonyl (C=O) groups excluding carboxylic acids is 1. The van der Waals surface area contributed by atoms with Gasteiger partial charge in [0.1, 0.15) is 5.82 Å². The molecule has 2 fully saturated rings. The molecule has 1 aliphatic carbocycles. The van der Waals surface area contributed by atoms with Crippen molar-refractivity contribution in [3.8, 4) is 0 Å². The molecule has 2 aromatic rings. The largest absolute Gasteiger partial charge is 0.381 e. The molecule has 1 aliphatic heterocycles. The minimum absolute atomic E-state index is 0.00787. The van der Waals surface area contributed by atoms with Gasteiger partial charge >= 0.3 is 0 Å². The normalized spacial score (nSPS) is 20.3. The first-order valence-electron chi connectivity index (χ1n) is 10.4. The molecule has 1 saturated heterocycles. The molecule has 4 rings (SSSR count). The van der Waals surface area contributed by atoms with E-state index in [1.165, 1.54) is 12.1 Å². The molecular weight excluding hydrogens is 389 g/mol. The van der Waals surface area contributed by atoms with Crippen molar-refractivity contribution in [2.75, 3.05) is 19.8 Å². The lowest BCUT2D eigenvalue weighted by Crippen LogP contribution is -2.50. The van der Waals surface area contributed by atoms with Gasteiger partial charge in [-0.3, -0.25) is 4.79 Å². The number of amides is 1. The Hall–Kier alpha value is -1.91. The maximum atomic E-state index is 13.9. The number of ether oxygens (including phenoxy) is 1. The van der Waals surface area contributed by atoms with Gasteiger partial charge in [0.15, 0.2) is 0 Å². The summed E-state index contributed by atoms with van der Waals surface area (Å²) < 4.78 is 19.5. The number of hydrogen-bond donors (Lipinski definition) is 1. The van der Waals surface area contributed by atoms with Crippen LogP contribution in [0.4, 0.5) is 4.39 Å². The van der Waals surface area contributed by atoms with Crippen LogP contribution in [0.3, 0.4) is 0 Å². The predicted octanol–water partition coefficient (Wildman–Crippen LogP) is 5.16. The molecule has 2 aliphatic rings. The van der Waals surface area contributed by atoms with Crippen molar-refractivity contribution in [2.45, 2.75) is 49.4 Å². The van der Waals surface area contributed by atoms with E-state index in [9.17, 15) is 9.18 Å². The van der Waals surface area contributed by atoms with Crippen molar-refractivity contribution in [2.24, 2.45) is 0 Å². The molecule has 1 heterocycles. The summed E-state index contributed by atoms with van der Waals surface area (Å²) in [4.78, 5) is 13.5. The van der Waals surface area contributed by atoms with Gasteiger partial charge in [0.25, 0.3) is 0 Å². The highest BCUT2D eigenvalue weighted by atomic mass is 35.5. The Bertz CT molecular complexity index is 873. The van der Waals surface area contributed by atoms with Crippen LogP contribution in [0.15, 0.2) is 48.5 Å². The van der Waals surface area contributed by atoms with Crippen LogP contribution in [-0.2, 0) is 20.4 Å². The Kier molecular flexibility index (Phi) is 5.93. The topological polar surface area (TPSA) is 38.3 Å². The second-order valence-electron chi connectivity index (χ2n) is 8.39. The van der Waals surface area contributed by atoms with Gasteiger partial charge in [0.05, 0.1) is 5.41 Å². The molecule has 0 bridgehead atoms. The summed E-state index contributed by atoms with van der Waals surface area (Å²) in [5.41, 5.74) is 1.10. The van der Waals surface area contributed by atoms with Crippen LogP contribution >= 0.6 is 11.6 Å². The maximum absolute atomic E-state index is 13.9. The Labute approximate surface area is 176 Å². The zero-order valence-electron chi connectivity index (χ0n) is 16.6. The number of rotatable bonds is 5. The number of nitrogens with one attached hydrogen (secondary N) is 1. The molecular formula is C24H27ClFNO2. The summed E-state index contributed by atoms with van der Waals surface area (Å²) in [7, 11) is 0. The van der Waals surface area contributed by atoms with Crippen LogP contribution in [0.25, 0.3) is 0 Å². The SMILES string of the molecule is O=C(NCC1(c2cccc(Cl)c2)CCOCC1)C1(c2cccc(F)c2)CCCC1. The highest BCUT2D eigenvalue weighted by molar-refractivity contribution is 6.30. The van der Waals surface area contributed by atoms with Crippen LogP contribution < -0.4 is 5.32 Å². The molecule has 2 aromatic carbocycles. The van der Waals surface area contributed by atoms with E-state index >= 15 is 0 Å². The first kappa shape index (κ1) is 20.4. The van der Waals surface area contributed by atoms with Gasteiger partial charge in [0, 0.05) is 30.2 Å². The van der Waals surface area contributed by atoms with E-state index in [2.05, 4.69) is 11.4 Å². The molecule has 0 radical (unpaired) electrons. The van der Waals surface area contributed by atoms with Crippen LogP contribution in [-0.4, -0.2) is 25.7 Å². The Morgan fingerprint density at radius 2 is 1.69 bits per heavy atom. The van der Waals surface area contributed by atoms with Gasteiger partial charge in [-0.05, 0) is 61.1 Å². The molecule has 154 valence electrons. The van der Waals surface area contributed by atoms with E-state index in [0.29, 0.717) is 24.8 Å². The minimum Gasteiger partial charge on any atom is -0.381 e. The number of benzene rings is 2. The molecule has 0 atom stereocenters. The van der Waals surface area contributed by atoms with Crippen molar-refractivity contribution in [3.63, 3.8) is 0 Å². The average molecular weight is 416 g/mol. The Morgan fingerprint density at radius 1 is 1.00 bits per heavy atom. The van der Waals surface area contributed by atoms with Crippen LogP contribution in [0.1, 0.15) is 49.7 Å². The number of carbonyl (C=O) groups is 1. The second kappa shape index (κ2) is 8.45. The molecule has 1 N–H and O–H groups in total. The summed E-state index contributed by atoms with van der Waals surface area (Å²) in [5, 5.41) is 3.95. The highest BCUT2D eigenvalue weighted by Gasteiger charge is 2.44. The maximum Gasteiger partial charge on any atom is 0.230 e. The summed E-state index contributed by atoms with van der Waals surface area (Å²) in [6, 6.07) is 14.4. The fourth-order valence-electron chi connectivity index (χ4n) is 4.98. The fraction of sp³-hybridized carbons (Fsp3) is 0.458. The van der Waals surface area contributed by atoms with Gasteiger partial charge in [-0.1, -0.05) is 48.7 Å². The third-order valence-electron chi connectivity index (χ3n) is 6.74. The monoisotopic (exact) mass is 415 g/mol. The lowest BCUT2D eigenvalue weighted by molar-refractivity contribution is -0.127. The van der Waals surface area contributed by atoms with Crippen molar-refractivity contribution in [1.29, 1.82) is 0 Å². The minimum atomic E-state index is -0.636. The van der Waals surface area contributed by atoms with Crippen molar-refractivity contribution >= 4 is 17.5 Å². The molecule has 0 aromatic heterocycles. The summed E-state index contributed by atoms with van der Waals surface area (Å²) in [6.45, 7) is 1.86. The summed E-state index contributed by atoms with van der Waals surface area (Å²) in [6.07, 6.45) is 5.15. The van der Waals surface area contributed by atoms with Gasteiger partial charge < -0.3 is 10.1 Å². The summed E-state index contributed by atoms with van der Waals surface area (Å²) >= 11 is 6.26. The van der Waals surface area contributed by atoms with Crippen molar-refractivity contribution in [1.82, 2.24) is 5.32 Å². The van der Waals surface area contributed by atoms with E-state index in [1.807, 2.05) is 24.3 Å². The zero-order valence-corrected chi connectivity index (χ0v) is 17.3. The van der Waals surface area contributed by atoms with E-state index in [-0.39, 0.29) is 17.1 Å². The average Bonchev–Trinajstić information content (AvgIpc) is 3.24. The van der Waals surface area contributed by atoms with Crippen molar-refractivity contribution < 1.29 is 13.9 Å². The smallest absolute Gasteiger partial charge is 0.230 e. The predicted molar refractivity (Wildman–Crippen MR) is 113 cm³/mol. The zero-order chi connectivity index (χ0) is 20.3. The standard InChI is InChI=1S/C24H27ClFNO2/c25-20-7-3-5-18(15-20)23(11-13-29-14-12-23)17-27-22(28)24(9-1-2-10-24)19-6-4-8-21(26)16-19/h3-8,15-16H,1-2,9-14,17H2,(H,27,28). The number of halogens is 2. The van der Waals surface area contributed by atoms with Gasteiger partial charge in [0.2, 0.25) is 5.91 Å². The van der Waals surface area contributed by atoms with Crippen LogP contribution in [0, 0.1) is 5.82 Å². The van der Waals surface area contributed by atoms with Gasteiger partial charge in [-0.25, -0.2) is 4.39 Å². The molecule has 0 spiro atoms.